The molecule has 0 fully saturated rings. The summed E-state index contributed by atoms with van der Waals surface area (Å²) < 4.78 is 5.59. The third-order valence-corrected chi connectivity index (χ3v) is 1.98. The summed E-state index contributed by atoms with van der Waals surface area (Å²) in [4.78, 5) is 2.38. The molecule has 0 heterocycles. The number of rotatable bonds is 6. The van der Waals surface area contributed by atoms with Gasteiger partial charge in [-0.25, -0.2) is 0 Å². The Hall–Kier alpha value is -0.0800. The molecule has 0 bridgehead atoms. The molecular formula is C11H25NO. The van der Waals surface area contributed by atoms with Gasteiger partial charge in [0, 0.05) is 6.54 Å². The molecule has 2 nitrogen and oxygen atoms in total. The normalized spacial score (nSPS) is 12.5. The molecule has 0 aliphatic carbocycles. The topological polar surface area (TPSA) is 12.5 Å². The second kappa shape index (κ2) is 6.39. The molecule has 0 saturated heterocycles. The van der Waals surface area contributed by atoms with Gasteiger partial charge in [-0.05, 0) is 18.5 Å². The Morgan fingerprint density at radius 1 is 1.08 bits per heavy atom. The molecule has 0 amide bonds. The zero-order chi connectivity index (χ0) is 10.3. The van der Waals surface area contributed by atoms with Crippen molar-refractivity contribution in [2.45, 2.75) is 34.6 Å². The van der Waals surface area contributed by atoms with E-state index in [-0.39, 0.29) is 0 Å². The highest BCUT2D eigenvalue weighted by molar-refractivity contribution is 4.59. The first-order chi connectivity index (χ1) is 5.99. The molecule has 0 unspecified atom stereocenters. The molecule has 0 radical (unpaired) electrons. The molecule has 2 heteroatoms. The van der Waals surface area contributed by atoms with Crippen molar-refractivity contribution < 1.29 is 4.74 Å². The second-order valence-corrected chi connectivity index (χ2v) is 4.64. The summed E-state index contributed by atoms with van der Waals surface area (Å²) in [5.41, 5.74) is 0.295. The molecule has 0 atom stereocenters. The SMILES string of the molecule is CCN(CC)CCOCC(C)(C)C. The summed E-state index contributed by atoms with van der Waals surface area (Å²) in [6.07, 6.45) is 0. The van der Waals surface area contributed by atoms with Gasteiger partial charge >= 0.3 is 0 Å². The zero-order valence-electron chi connectivity index (χ0n) is 9.89. The van der Waals surface area contributed by atoms with Crippen LogP contribution in [0.25, 0.3) is 0 Å². The van der Waals surface area contributed by atoms with Crippen LogP contribution in [0.3, 0.4) is 0 Å². The van der Waals surface area contributed by atoms with E-state index in [9.17, 15) is 0 Å². The molecular weight excluding hydrogens is 162 g/mol. The standard InChI is InChI=1S/C11H25NO/c1-6-12(7-2)8-9-13-10-11(3,4)5/h6-10H2,1-5H3. The van der Waals surface area contributed by atoms with Crippen LogP contribution in [0.4, 0.5) is 0 Å². The summed E-state index contributed by atoms with van der Waals surface area (Å²) in [6.45, 7) is 16.0. The second-order valence-electron chi connectivity index (χ2n) is 4.64. The van der Waals surface area contributed by atoms with Crippen molar-refractivity contribution in [3.8, 4) is 0 Å². The van der Waals surface area contributed by atoms with E-state index in [1.165, 1.54) is 0 Å². The van der Waals surface area contributed by atoms with Gasteiger partial charge in [-0.2, -0.15) is 0 Å². The van der Waals surface area contributed by atoms with Crippen LogP contribution in [-0.4, -0.2) is 37.7 Å². The zero-order valence-corrected chi connectivity index (χ0v) is 9.89. The van der Waals surface area contributed by atoms with E-state index in [2.05, 4.69) is 39.5 Å². The minimum absolute atomic E-state index is 0.295. The Bertz CT molecular complexity index is 114. The van der Waals surface area contributed by atoms with Gasteiger partial charge in [0.2, 0.25) is 0 Å². The highest BCUT2D eigenvalue weighted by Gasteiger charge is 2.09. The lowest BCUT2D eigenvalue weighted by molar-refractivity contribution is 0.0564. The van der Waals surface area contributed by atoms with Crippen molar-refractivity contribution in [3.05, 3.63) is 0 Å². The molecule has 0 aliphatic heterocycles. The first kappa shape index (κ1) is 12.9. The molecule has 0 aliphatic rings. The van der Waals surface area contributed by atoms with Gasteiger partial charge < -0.3 is 9.64 Å². The molecule has 0 aromatic heterocycles. The Balaban J connectivity index is 3.34. The lowest BCUT2D eigenvalue weighted by atomic mass is 9.99. The summed E-state index contributed by atoms with van der Waals surface area (Å²) in [5.74, 6) is 0. The quantitative estimate of drug-likeness (QED) is 0.592. The molecule has 0 rings (SSSR count). The van der Waals surface area contributed by atoms with Crippen LogP contribution in [0.15, 0.2) is 0 Å². The minimum atomic E-state index is 0.295. The van der Waals surface area contributed by atoms with Crippen LogP contribution >= 0.6 is 0 Å². The van der Waals surface area contributed by atoms with Crippen molar-refractivity contribution in [2.24, 2.45) is 5.41 Å². The summed E-state index contributed by atoms with van der Waals surface area (Å²) in [7, 11) is 0. The maximum Gasteiger partial charge on any atom is 0.0593 e. The van der Waals surface area contributed by atoms with Crippen LogP contribution in [0, 0.1) is 5.41 Å². The first-order valence-electron chi connectivity index (χ1n) is 5.29. The van der Waals surface area contributed by atoms with Crippen LogP contribution < -0.4 is 0 Å². The van der Waals surface area contributed by atoms with Crippen molar-refractivity contribution in [3.63, 3.8) is 0 Å². The summed E-state index contributed by atoms with van der Waals surface area (Å²) >= 11 is 0. The average Bonchev–Trinajstić information content (AvgIpc) is 2.03. The van der Waals surface area contributed by atoms with Gasteiger partial charge in [0.05, 0.1) is 13.2 Å². The molecule has 0 N–H and O–H groups in total. The van der Waals surface area contributed by atoms with Crippen molar-refractivity contribution in [1.82, 2.24) is 4.90 Å². The van der Waals surface area contributed by atoms with Crippen LogP contribution in [0.2, 0.25) is 0 Å². The predicted octanol–water partition coefficient (Wildman–Crippen LogP) is 2.39. The largest absolute Gasteiger partial charge is 0.380 e. The number of hydrogen-bond donors (Lipinski definition) is 0. The van der Waals surface area contributed by atoms with E-state index in [1.807, 2.05) is 0 Å². The van der Waals surface area contributed by atoms with Gasteiger partial charge in [0.15, 0.2) is 0 Å². The van der Waals surface area contributed by atoms with E-state index in [0.29, 0.717) is 5.41 Å². The third kappa shape index (κ3) is 8.26. The van der Waals surface area contributed by atoms with Gasteiger partial charge in [-0.3, -0.25) is 0 Å². The third-order valence-electron chi connectivity index (χ3n) is 1.98. The van der Waals surface area contributed by atoms with E-state index in [1.54, 1.807) is 0 Å². The van der Waals surface area contributed by atoms with Crippen LogP contribution in [0.1, 0.15) is 34.6 Å². The fourth-order valence-corrected chi connectivity index (χ4v) is 1.11. The van der Waals surface area contributed by atoms with E-state index in [0.717, 1.165) is 32.8 Å². The molecule has 0 saturated carbocycles. The number of likely N-dealkylation sites (N-methyl/N-ethyl adjacent to an activating group) is 1. The lowest BCUT2D eigenvalue weighted by Gasteiger charge is -2.21. The fourth-order valence-electron chi connectivity index (χ4n) is 1.11. The fraction of sp³-hybridized carbons (Fsp3) is 1.00. The van der Waals surface area contributed by atoms with Crippen LogP contribution in [0.5, 0.6) is 0 Å². The van der Waals surface area contributed by atoms with Gasteiger partial charge in [0.1, 0.15) is 0 Å². The molecule has 13 heavy (non-hydrogen) atoms. The first-order valence-corrected chi connectivity index (χ1v) is 5.29. The molecule has 0 aromatic carbocycles. The van der Waals surface area contributed by atoms with E-state index >= 15 is 0 Å². The van der Waals surface area contributed by atoms with E-state index in [4.69, 9.17) is 4.74 Å². The summed E-state index contributed by atoms with van der Waals surface area (Å²) in [6, 6.07) is 0. The van der Waals surface area contributed by atoms with Crippen LogP contribution in [-0.2, 0) is 4.74 Å². The Morgan fingerprint density at radius 3 is 2.00 bits per heavy atom. The average molecular weight is 187 g/mol. The predicted molar refractivity (Wildman–Crippen MR) is 58.1 cm³/mol. The van der Waals surface area contributed by atoms with Gasteiger partial charge in [-0.1, -0.05) is 34.6 Å². The van der Waals surface area contributed by atoms with E-state index < -0.39 is 0 Å². The maximum absolute atomic E-state index is 5.59. The van der Waals surface area contributed by atoms with Crippen molar-refractivity contribution in [1.29, 1.82) is 0 Å². The number of nitrogens with zero attached hydrogens (tertiary/aromatic N) is 1. The smallest absolute Gasteiger partial charge is 0.0593 e. The summed E-state index contributed by atoms with van der Waals surface area (Å²) in [5, 5.41) is 0. The van der Waals surface area contributed by atoms with Gasteiger partial charge in [-0.15, -0.1) is 0 Å². The molecule has 80 valence electrons. The minimum Gasteiger partial charge on any atom is -0.380 e. The highest BCUT2D eigenvalue weighted by atomic mass is 16.5. The van der Waals surface area contributed by atoms with Crippen molar-refractivity contribution in [2.75, 3.05) is 32.8 Å². The maximum atomic E-state index is 5.59. The van der Waals surface area contributed by atoms with Crippen molar-refractivity contribution >= 4 is 0 Å². The number of hydrogen-bond acceptors (Lipinski definition) is 2. The molecule has 0 aromatic rings. The monoisotopic (exact) mass is 187 g/mol. The Morgan fingerprint density at radius 2 is 1.62 bits per heavy atom. The Labute approximate surface area is 83.3 Å². The Kier molecular flexibility index (Phi) is 6.35. The highest BCUT2D eigenvalue weighted by Crippen LogP contribution is 2.12. The lowest BCUT2D eigenvalue weighted by Crippen LogP contribution is -2.28. The van der Waals surface area contributed by atoms with Gasteiger partial charge in [0.25, 0.3) is 0 Å². The molecule has 0 spiro atoms. The number of ether oxygens (including phenoxy) is 1.